The van der Waals surface area contributed by atoms with Crippen molar-refractivity contribution in [2.24, 2.45) is 7.05 Å². The molecule has 0 amide bonds. The molecule has 0 aliphatic carbocycles. The Labute approximate surface area is 120 Å². The van der Waals surface area contributed by atoms with Crippen LogP contribution in [0, 0.1) is 0 Å². The number of aryl methyl sites for hydroxylation is 1. The average Bonchev–Trinajstić information content (AvgIpc) is 2.88. The predicted octanol–water partition coefficient (Wildman–Crippen LogP) is 1.94. The van der Waals surface area contributed by atoms with E-state index in [4.69, 9.17) is 0 Å². The molecule has 1 atom stereocenters. The number of likely N-dealkylation sites (N-methyl/N-ethyl adjacent to an activating group) is 1. The second-order valence-corrected chi connectivity index (χ2v) is 5.54. The summed E-state index contributed by atoms with van der Waals surface area (Å²) in [4.78, 5) is 11.4. The van der Waals surface area contributed by atoms with Gasteiger partial charge in [-0.1, -0.05) is 6.42 Å². The van der Waals surface area contributed by atoms with Gasteiger partial charge in [0.05, 0.1) is 11.8 Å². The molecule has 1 aliphatic heterocycles. The summed E-state index contributed by atoms with van der Waals surface area (Å²) in [6.45, 7) is 5.30. The quantitative estimate of drug-likeness (QED) is 0.924. The summed E-state index contributed by atoms with van der Waals surface area (Å²) in [5.41, 5.74) is 2.15. The van der Waals surface area contributed by atoms with E-state index in [0.717, 1.165) is 36.5 Å². The molecule has 0 spiro atoms. The summed E-state index contributed by atoms with van der Waals surface area (Å²) >= 11 is 0. The van der Waals surface area contributed by atoms with Gasteiger partial charge in [-0.25, -0.2) is 9.97 Å². The van der Waals surface area contributed by atoms with Crippen LogP contribution in [0.1, 0.15) is 26.2 Å². The van der Waals surface area contributed by atoms with E-state index in [2.05, 4.69) is 27.1 Å². The van der Waals surface area contributed by atoms with Gasteiger partial charge in [-0.05, 0) is 32.4 Å². The van der Waals surface area contributed by atoms with Crippen LogP contribution in [0.4, 0.5) is 5.82 Å². The highest BCUT2D eigenvalue weighted by atomic mass is 15.2. The number of rotatable bonds is 4. The van der Waals surface area contributed by atoms with Crippen LogP contribution in [0.5, 0.6) is 0 Å². The van der Waals surface area contributed by atoms with Crippen LogP contribution in [0.2, 0.25) is 0 Å². The molecular formula is C15H23N5. The van der Waals surface area contributed by atoms with E-state index in [0.29, 0.717) is 6.04 Å². The Kier molecular flexibility index (Phi) is 3.87. The fourth-order valence-corrected chi connectivity index (χ4v) is 2.99. The summed E-state index contributed by atoms with van der Waals surface area (Å²) in [5.74, 6) is 1.01. The van der Waals surface area contributed by atoms with E-state index in [1.807, 2.05) is 30.2 Å². The highest BCUT2D eigenvalue weighted by Gasteiger charge is 2.19. The third-order valence-electron chi connectivity index (χ3n) is 4.16. The molecule has 2 aromatic rings. The predicted molar refractivity (Wildman–Crippen MR) is 82.0 cm³/mol. The summed E-state index contributed by atoms with van der Waals surface area (Å²) < 4.78 is 2.05. The first-order valence-electron chi connectivity index (χ1n) is 7.54. The first-order valence-corrected chi connectivity index (χ1v) is 7.54. The van der Waals surface area contributed by atoms with Crippen molar-refractivity contribution in [3.63, 3.8) is 0 Å². The molecule has 2 aromatic heterocycles. The van der Waals surface area contributed by atoms with Crippen LogP contribution in [-0.4, -0.2) is 40.2 Å². The van der Waals surface area contributed by atoms with Crippen molar-refractivity contribution in [3.8, 4) is 0 Å². The molecule has 1 fully saturated rings. The highest BCUT2D eigenvalue weighted by Crippen LogP contribution is 2.23. The van der Waals surface area contributed by atoms with Crippen LogP contribution in [0.3, 0.4) is 0 Å². The molecule has 0 aromatic carbocycles. The Morgan fingerprint density at radius 3 is 3.05 bits per heavy atom. The highest BCUT2D eigenvalue weighted by molar-refractivity contribution is 5.86. The molecule has 1 unspecified atom stereocenters. The minimum atomic E-state index is 0.574. The normalized spacial score (nSPS) is 19.4. The number of nitrogens with one attached hydrogen (secondary N) is 1. The number of pyridine rings is 1. The number of imidazole rings is 1. The number of nitrogens with zero attached hydrogens (tertiary/aromatic N) is 4. The van der Waals surface area contributed by atoms with Gasteiger partial charge in [-0.15, -0.1) is 0 Å². The lowest BCUT2D eigenvalue weighted by Crippen LogP contribution is -2.44. The summed E-state index contributed by atoms with van der Waals surface area (Å²) in [7, 11) is 2.03. The molecule has 0 saturated carbocycles. The molecule has 5 nitrogen and oxygen atoms in total. The van der Waals surface area contributed by atoms with Crippen LogP contribution in [0.15, 0.2) is 18.6 Å². The van der Waals surface area contributed by atoms with E-state index >= 15 is 0 Å². The van der Waals surface area contributed by atoms with Crippen LogP contribution < -0.4 is 10.2 Å². The zero-order valence-corrected chi connectivity index (χ0v) is 12.3. The van der Waals surface area contributed by atoms with Crippen molar-refractivity contribution in [1.29, 1.82) is 0 Å². The Morgan fingerprint density at radius 2 is 2.30 bits per heavy atom. The number of aromatic nitrogens is 3. The minimum absolute atomic E-state index is 0.574. The maximum atomic E-state index is 4.58. The number of hydrogen-bond donors (Lipinski definition) is 1. The molecule has 3 heterocycles. The van der Waals surface area contributed by atoms with Crippen LogP contribution >= 0.6 is 0 Å². The van der Waals surface area contributed by atoms with Gasteiger partial charge in [-0.2, -0.15) is 0 Å². The van der Waals surface area contributed by atoms with Crippen molar-refractivity contribution in [1.82, 2.24) is 19.9 Å². The lowest BCUT2D eigenvalue weighted by Gasteiger charge is -2.30. The molecular weight excluding hydrogens is 250 g/mol. The Bertz CT molecular complexity index is 571. The Morgan fingerprint density at radius 1 is 1.40 bits per heavy atom. The third-order valence-corrected chi connectivity index (χ3v) is 4.16. The third kappa shape index (κ3) is 2.50. The van der Waals surface area contributed by atoms with Crippen molar-refractivity contribution in [3.05, 3.63) is 18.6 Å². The van der Waals surface area contributed by atoms with Crippen molar-refractivity contribution in [2.45, 2.75) is 32.2 Å². The molecule has 20 heavy (non-hydrogen) atoms. The van der Waals surface area contributed by atoms with E-state index in [9.17, 15) is 0 Å². The molecule has 0 radical (unpaired) electrons. The fourth-order valence-electron chi connectivity index (χ4n) is 2.99. The molecule has 1 saturated heterocycles. The van der Waals surface area contributed by atoms with Gasteiger partial charge in [0, 0.05) is 32.4 Å². The van der Waals surface area contributed by atoms with Gasteiger partial charge < -0.3 is 14.8 Å². The number of hydrogen-bond acceptors (Lipinski definition) is 4. The lowest BCUT2D eigenvalue weighted by molar-refractivity contribution is 0.400. The van der Waals surface area contributed by atoms with E-state index in [1.165, 1.54) is 19.3 Å². The maximum absolute atomic E-state index is 4.58. The molecule has 1 N–H and O–H groups in total. The molecule has 108 valence electrons. The van der Waals surface area contributed by atoms with Crippen molar-refractivity contribution >= 4 is 16.9 Å². The van der Waals surface area contributed by atoms with Gasteiger partial charge in [0.1, 0.15) is 5.52 Å². The van der Waals surface area contributed by atoms with E-state index < -0.39 is 0 Å². The fraction of sp³-hybridized carbons (Fsp3) is 0.600. The van der Waals surface area contributed by atoms with Gasteiger partial charge in [-0.3, -0.25) is 0 Å². The number of anilines is 1. The van der Waals surface area contributed by atoms with Crippen LogP contribution in [0.25, 0.3) is 11.0 Å². The maximum Gasteiger partial charge on any atom is 0.156 e. The first kappa shape index (κ1) is 13.4. The first-order chi connectivity index (χ1) is 9.79. The second-order valence-electron chi connectivity index (χ2n) is 5.54. The molecule has 3 rings (SSSR count). The zero-order valence-electron chi connectivity index (χ0n) is 12.3. The van der Waals surface area contributed by atoms with Crippen LogP contribution in [-0.2, 0) is 7.05 Å². The summed E-state index contributed by atoms with van der Waals surface area (Å²) in [6, 6.07) is 2.60. The Hall–Kier alpha value is -1.62. The monoisotopic (exact) mass is 273 g/mol. The Balaban J connectivity index is 1.86. The molecule has 5 heteroatoms. The summed E-state index contributed by atoms with van der Waals surface area (Å²) in [5, 5.41) is 3.61. The molecule has 1 aliphatic rings. The van der Waals surface area contributed by atoms with E-state index in [-0.39, 0.29) is 0 Å². The van der Waals surface area contributed by atoms with Crippen molar-refractivity contribution < 1.29 is 0 Å². The van der Waals surface area contributed by atoms with Crippen molar-refractivity contribution in [2.75, 3.05) is 24.5 Å². The average molecular weight is 273 g/mol. The molecule has 0 bridgehead atoms. The standard InChI is InChI=1S/C15H23N5/c1-3-20(10-12-6-4-5-8-16-12)15-14-13(7-9-17-15)19(2)11-18-14/h7,9,11-12,16H,3-6,8,10H2,1-2H3. The van der Waals surface area contributed by atoms with E-state index in [1.54, 1.807) is 0 Å². The SMILES string of the molecule is CCN(CC1CCCCN1)c1nccc2c1ncn2C. The topological polar surface area (TPSA) is 46.0 Å². The second kappa shape index (κ2) is 5.79. The van der Waals surface area contributed by atoms with Gasteiger partial charge >= 0.3 is 0 Å². The summed E-state index contributed by atoms with van der Waals surface area (Å²) in [6.07, 6.45) is 7.64. The minimum Gasteiger partial charge on any atom is -0.353 e. The smallest absolute Gasteiger partial charge is 0.156 e. The lowest BCUT2D eigenvalue weighted by atomic mass is 10.0. The number of piperidine rings is 1. The van der Waals surface area contributed by atoms with Gasteiger partial charge in [0.15, 0.2) is 5.82 Å². The van der Waals surface area contributed by atoms with Gasteiger partial charge in [0.2, 0.25) is 0 Å². The zero-order chi connectivity index (χ0) is 13.9. The largest absolute Gasteiger partial charge is 0.353 e. The number of fused-ring (bicyclic) bond motifs is 1. The van der Waals surface area contributed by atoms with Gasteiger partial charge in [0.25, 0.3) is 0 Å².